The van der Waals surface area contributed by atoms with Crippen LogP contribution in [0.4, 0.5) is 13.2 Å². The van der Waals surface area contributed by atoms with E-state index < -0.39 is 11.9 Å². The molecule has 0 aliphatic rings. The summed E-state index contributed by atoms with van der Waals surface area (Å²) in [5.41, 5.74) is 0.564. The monoisotopic (exact) mass is 413 g/mol. The predicted octanol–water partition coefficient (Wildman–Crippen LogP) is 2.82. The van der Waals surface area contributed by atoms with E-state index in [1.165, 1.54) is 0 Å². The van der Waals surface area contributed by atoms with Crippen LogP contribution in [0.25, 0.3) is 0 Å². The quantitative estimate of drug-likeness (QED) is 0.482. The van der Waals surface area contributed by atoms with E-state index in [1.54, 1.807) is 25.2 Å². The summed E-state index contributed by atoms with van der Waals surface area (Å²) in [4.78, 5) is 19.8. The van der Waals surface area contributed by atoms with E-state index >= 15 is 0 Å². The topological polar surface area (TPSA) is 78.4 Å². The van der Waals surface area contributed by atoms with Gasteiger partial charge in [0.1, 0.15) is 0 Å². The summed E-state index contributed by atoms with van der Waals surface area (Å²) >= 11 is 0.989. The lowest BCUT2D eigenvalue weighted by Crippen LogP contribution is -2.38. The average molecular weight is 413 g/mol. The molecule has 0 atom stereocenters. The van der Waals surface area contributed by atoms with Crippen molar-refractivity contribution >= 4 is 23.2 Å². The van der Waals surface area contributed by atoms with E-state index in [-0.39, 0.29) is 5.91 Å². The molecule has 0 saturated heterocycles. The van der Waals surface area contributed by atoms with Crippen molar-refractivity contribution in [3.63, 3.8) is 0 Å². The normalized spacial score (nSPS) is 12.0. The van der Waals surface area contributed by atoms with Gasteiger partial charge in [0.2, 0.25) is 0 Å². The number of hydrogen-bond donors (Lipinski definition) is 3. The third-order valence-corrected chi connectivity index (χ3v) is 4.56. The number of aliphatic imine (C=N–C) groups is 1. The van der Waals surface area contributed by atoms with Crippen molar-refractivity contribution in [3.8, 4) is 0 Å². The number of hydrogen-bond acceptors (Lipinski definition) is 4. The molecule has 0 aliphatic carbocycles. The molecule has 0 unspecified atom stereocenters. The summed E-state index contributed by atoms with van der Waals surface area (Å²) in [6.07, 6.45) is -4.06. The maximum absolute atomic E-state index is 12.6. The summed E-state index contributed by atoms with van der Waals surface area (Å²) < 4.78 is 37.8. The van der Waals surface area contributed by atoms with Gasteiger partial charge in [-0.05, 0) is 24.6 Å². The van der Waals surface area contributed by atoms with Crippen LogP contribution in [0.5, 0.6) is 0 Å². The molecule has 1 aromatic carbocycles. The first kappa shape index (κ1) is 21.7. The predicted molar refractivity (Wildman–Crippen MR) is 103 cm³/mol. The number of amides is 1. The van der Waals surface area contributed by atoms with Crippen molar-refractivity contribution < 1.29 is 18.0 Å². The summed E-state index contributed by atoms with van der Waals surface area (Å²) in [5.74, 6) is 0.373. The number of rotatable bonds is 7. The fraction of sp³-hybridized carbons (Fsp3) is 0.389. The van der Waals surface area contributed by atoms with Crippen LogP contribution in [-0.4, -0.2) is 37.0 Å². The Morgan fingerprint density at radius 2 is 2.07 bits per heavy atom. The molecule has 2 aromatic rings. The van der Waals surface area contributed by atoms with Crippen molar-refractivity contribution in [2.75, 3.05) is 20.1 Å². The van der Waals surface area contributed by atoms with Gasteiger partial charge in [-0.1, -0.05) is 12.1 Å². The van der Waals surface area contributed by atoms with Gasteiger partial charge in [0.25, 0.3) is 5.91 Å². The summed E-state index contributed by atoms with van der Waals surface area (Å²) in [6, 6.07) is 7.14. The Balaban J connectivity index is 1.93. The summed E-state index contributed by atoms with van der Waals surface area (Å²) in [7, 11) is 1.57. The van der Waals surface area contributed by atoms with Crippen LogP contribution in [0, 0.1) is 0 Å². The van der Waals surface area contributed by atoms with Crippen LogP contribution in [-0.2, 0) is 19.1 Å². The van der Waals surface area contributed by atoms with E-state index in [2.05, 4.69) is 25.9 Å². The Bertz CT molecular complexity index is 820. The molecule has 1 aromatic heterocycles. The fourth-order valence-electron chi connectivity index (χ4n) is 2.31. The van der Waals surface area contributed by atoms with Crippen molar-refractivity contribution in [1.29, 1.82) is 0 Å². The zero-order valence-electron chi connectivity index (χ0n) is 15.6. The minimum atomic E-state index is -4.41. The van der Waals surface area contributed by atoms with Gasteiger partial charge in [-0.2, -0.15) is 13.2 Å². The highest BCUT2D eigenvalue weighted by Gasteiger charge is 2.33. The van der Waals surface area contributed by atoms with Crippen LogP contribution in [0.3, 0.4) is 0 Å². The van der Waals surface area contributed by atoms with Crippen LogP contribution in [0.15, 0.2) is 34.6 Å². The highest BCUT2D eigenvalue weighted by molar-refractivity contribution is 7.09. The van der Waals surface area contributed by atoms with Crippen molar-refractivity contribution in [1.82, 2.24) is 20.9 Å². The number of halogens is 3. The molecule has 0 saturated carbocycles. The molecule has 3 N–H and O–H groups in total. The van der Waals surface area contributed by atoms with Gasteiger partial charge in [0, 0.05) is 37.5 Å². The van der Waals surface area contributed by atoms with E-state index in [0.717, 1.165) is 22.3 Å². The van der Waals surface area contributed by atoms with Crippen molar-refractivity contribution in [2.45, 2.75) is 26.1 Å². The van der Waals surface area contributed by atoms with Gasteiger partial charge in [-0.15, -0.1) is 11.3 Å². The number of benzene rings is 1. The second kappa shape index (κ2) is 10.1. The van der Waals surface area contributed by atoms with Gasteiger partial charge < -0.3 is 16.0 Å². The first-order valence-corrected chi connectivity index (χ1v) is 9.56. The third-order valence-electron chi connectivity index (χ3n) is 3.65. The van der Waals surface area contributed by atoms with Crippen LogP contribution in [0.2, 0.25) is 0 Å². The minimum Gasteiger partial charge on any atom is -0.357 e. The van der Waals surface area contributed by atoms with Gasteiger partial charge in [-0.3, -0.25) is 4.79 Å². The lowest BCUT2D eigenvalue weighted by atomic mass is 10.1. The number of alkyl halides is 3. The highest BCUT2D eigenvalue weighted by Crippen LogP contribution is 2.29. The van der Waals surface area contributed by atoms with Gasteiger partial charge in [-0.25, -0.2) is 9.98 Å². The highest BCUT2D eigenvalue weighted by atomic mass is 32.1. The zero-order chi connectivity index (χ0) is 20.6. The molecule has 0 spiro atoms. The lowest BCUT2D eigenvalue weighted by molar-refractivity contribution is -0.140. The largest absolute Gasteiger partial charge is 0.434 e. The van der Waals surface area contributed by atoms with E-state index in [1.807, 2.05) is 13.0 Å². The summed E-state index contributed by atoms with van der Waals surface area (Å²) in [6.45, 7) is 3.31. The van der Waals surface area contributed by atoms with E-state index in [4.69, 9.17) is 0 Å². The van der Waals surface area contributed by atoms with Gasteiger partial charge >= 0.3 is 6.18 Å². The van der Waals surface area contributed by atoms with Crippen LogP contribution >= 0.6 is 11.3 Å². The maximum Gasteiger partial charge on any atom is 0.434 e. The molecule has 1 heterocycles. The molecule has 6 nitrogen and oxygen atoms in total. The number of carbonyl (C=O) groups excluding carboxylic acids is 1. The number of nitrogens with one attached hydrogen (secondary N) is 3. The van der Waals surface area contributed by atoms with Crippen molar-refractivity contribution in [3.05, 3.63) is 51.5 Å². The molecule has 1 amide bonds. The molecule has 0 bridgehead atoms. The number of nitrogens with zero attached hydrogens (tertiary/aromatic N) is 2. The third kappa shape index (κ3) is 6.52. The van der Waals surface area contributed by atoms with Gasteiger partial charge in [0.15, 0.2) is 11.7 Å². The fourth-order valence-corrected chi connectivity index (χ4v) is 3.12. The Labute approximate surface area is 165 Å². The molecular weight excluding hydrogens is 391 g/mol. The first-order chi connectivity index (χ1) is 13.3. The second-order valence-electron chi connectivity index (χ2n) is 5.78. The van der Waals surface area contributed by atoms with Crippen LogP contribution in [0.1, 0.15) is 33.5 Å². The van der Waals surface area contributed by atoms with Gasteiger partial charge in [0.05, 0.1) is 11.6 Å². The minimum absolute atomic E-state index is 0.169. The Hall–Kier alpha value is -2.62. The second-order valence-corrected chi connectivity index (χ2v) is 6.72. The Kier molecular flexibility index (Phi) is 7.80. The summed E-state index contributed by atoms with van der Waals surface area (Å²) in [5, 5.41) is 10.2. The Morgan fingerprint density at radius 1 is 1.29 bits per heavy atom. The van der Waals surface area contributed by atoms with E-state index in [0.29, 0.717) is 42.6 Å². The molecule has 0 fully saturated rings. The molecule has 152 valence electrons. The van der Waals surface area contributed by atoms with Crippen molar-refractivity contribution in [2.24, 2.45) is 4.99 Å². The smallest absolute Gasteiger partial charge is 0.357 e. The molecule has 10 heteroatoms. The molecule has 2 rings (SSSR count). The van der Waals surface area contributed by atoms with Crippen LogP contribution < -0.4 is 16.0 Å². The Morgan fingerprint density at radius 3 is 2.71 bits per heavy atom. The molecule has 0 aliphatic heterocycles. The number of guanidine groups is 1. The SMILES string of the molecule is CCNC(=NCc1cccc(C(=O)NC)c1)NCCc1nc(C(F)(F)F)cs1. The number of thiazole rings is 1. The molecule has 28 heavy (non-hydrogen) atoms. The number of carbonyl (C=O) groups is 1. The first-order valence-electron chi connectivity index (χ1n) is 8.68. The zero-order valence-corrected chi connectivity index (χ0v) is 16.4. The maximum atomic E-state index is 12.6. The molecule has 0 radical (unpaired) electrons. The average Bonchev–Trinajstić information content (AvgIpc) is 3.15. The van der Waals surface area contributed by atoms with E-state index in [9.17, 15) is 18.0 Å². The standard InChI is InChI=1S/C18H22F3N5OS/c1-3-23-17(24-8-7-15-26-14(11-28-15)18(19,20)21)25-10-12-5-4-6-13(9-12)16(27)22-2/h4-6,9,11H,3,7-8,10H2,1-2H3,(H,22,27)(H2,23,24,25). The lowest BCUT2D eigenvalue weighted by Gasteiger charge is -2.11. The molecular formula is C18H22F3N5OS. The number of aromatic nitrogens is 1.